The number of hydrogen-bond donors (Lipinski definition) is 1. The highest BCUT2D eigenvalue weighted by Crippen LogP contribution is 2.34. The first kappa shape index (κ1) is 15.9. The SMILES string of the molecule is O=C(CSc1nc(-c2ccccc2)ns1)Nc1ccc2c(c1)OCO2. The number of rotatable bonds is 5. The second-order valence-corrected chi connectivity index (χ2v) is 7.13. The van der Waals surface area contributed by atoms with Gasteiger partial charge in [0, 0.05) is 17.3 Å². The van der Waals surface area contributed by atoms with Crippen molar-refractivity contribution in [1.29, 1.82) is 0 Å². The Morgan fingerprint density at radius 3 is 2.88 bits per heavy atom. The van der Waals surface area contributed by atoms with Crippen LogP contribution in [-0.4, -0.2) is 27.8 Å². The van der Waals surface area contributed by atoms with E-state index in [9.17, 15) is 4.79 Å². The van der Waals surface area contributed by atoms with Gasteiger partial charge in [0.05, 0.1) is 5.75 Å². The molecular weight excluding hydrogens is 358 g/mol. The Balaban J connectivity index is 1.34. The first-order valence-electron chi connectivity index (χ1n) is 7.49. The summed E-state index contributed by atoms with van der Waals surface area (Å²) in [6.45, 7) is 0.212. The minimum atomic E-state index is -0.111. The predicted molar refractivity (Wildman–Crippen MR) is 97.3 cm³/mol. The zero-order valence-corrected chi connectivity index (χ0v) is 14.6. The molecule has 0 aliphatic carbocycles. The summed E-state index contributed by atoms with van der Waals surface area (Å²) in [7, 11) is 0. The van der Waals surface area contributed by atoms with Gasteiger partial charge in [-0.25, -0.2) is 4.98 Å². The maximum absolute atomic E-state index is 12.1. The number of amides is 1. The summed E-state index contributed by atoms with van der Waals surface area (Å²) in [5.41, 5.74) is 1.65. The van der Waals surface area contributed by atoms with Crippen LogP contribution in [0.2, 0.25) is 0 Å². The summed E-state index contributed by atoms with van der Waals surface area (Å²) in [6.07, 6.45) is 0. The Morgan fingerprint density at radius 1 is 1.16 bits per heavy atom. The van der Waals surface area contributed by atoms with Crippen molar-refractivity contribution in [3.05, 3.63) is 48.5 Å². The molecule has 1 amide bonds. The number of benzene rings is 2. The topological polar surface area (TPSA) is 73.3 Å². The van der Waals surface area contributed by atoms with E-state index in [0.29, 0.717) is 23.0 Å². The Hall–Kier alpha value is -2.58. The van der Waals surface area contributed by atoms with Crippen LogP contribution in [0.3, 0.4) is 0 Å². The highest BCUT2D eigenvalue weighted by atomic mass is 32.2. The van der Waals surface area contributed by atoms with Gasteiger partial charge in [-0.3, -0.25) is 4.79 Å². The molecule has 4 rings (SSSR count). The van der Waals surface area contributed by atoms with E-state index >= 15 is 0 Å². The number of anilines is 1. The molecule has 1 aliphatic heterocycles. The molecule has 0 spiro atoms. The van der Waals surface area contributed by atoms with E-state index in [1.54, 1.807) is 18.2 Å². The smallest absolute Gasteiger partial charge is 0.234 e. The van der Waals surface area contributed by atoms with Crippen molar-refractivity contribution in [2.45, 2.75) is 4.34 Å². The number of ether oxygens (including phenoxy) is 2. The Kier molecular flexibility index (Phi) is 4.53. The molecule has 0 unspecified atom stereocenters. The van der Waals surface area contributed by atoms with Crippen LogP contribution in [0.15, 0.2) is 52.9 Å². The lowest BCUT2D eigenvalue weighted by Gasteiger charge is -2.05. The average molecular weight is 371 g/mol. The quantitative estimate of drug-likeness (QED) is 0.690. The first-order chi connectivity index (χ1) is 12.3. The van der Waals surface area contributed by atoms with Gasteiger partial charge < -0.3 is 14.8 Å². The fourth-order valence-electron chi connectivity index (χ4n) is 2.27. The van der Waals surface area contributed by atoms with Gasteiger partial charge in [-0.05, 0) is 23.7 Å². The minimum absolute atomic E-state index is 0.111. The molecule has 2 heterocycles. The van der Waals surface area contributed by atoms with Gasteiger partial charge in [0.25, 0.3) is 0 Å². The van der Waals surface area contributed by atoms with Gasteiger partial charge in [0.15, 0.2) is 21.7 Å². The van der Waals surface area contributed by atoms with Crippen molar-refractivity contribution in [3.63, 3.8) is 0 Å². The van der Waals surface area contributed by atoms with Crippen molar-refractivity contribution >= 4 is 34.9 Å². The van der Waals surface area contributed by atoms with Crippen molar-refractivity contribution in [2.75, 3.05) is 17.9 Å². The molecule has 2 aromatic carbocycles. The zero-order chi connectivity index (χ0) is 17.1. The molecule has 1 aliphatic rings. The lowest BCUT2D eigenvalue weighted by atomic mass is 10.2. The number of nitrogens with one attached hydrogen (secondary N) is 1. The molecule has 25 heavy (non-hydrogen) atoms. The van der Waals surface area contributed by atoms with E-state index in [-0.39, 0.29) is 18.5 Å². The number of aromatic nitrogens is 2. The fourth-order valence-corrected chi connectivity index (χ4v) is 3.69. The average Bonchev–Trinajstić information content (AvgIpc) is 3.30. The van der Waals surface area contributed by atoms with Crippen molar-refractivity contribution in [1.82, 2.24) is 9.36 Å². The third-order valence-corrected chi connectivity index (χ3v) is 5.26. The van der Waals surface area contributed by atoms with Crippen LogP contribution in [0.5, 0.6) is 11.5 Å². The number of carbonyl (C=O) groups is 1. The van der Waals surface area contributed by atoms with E-state index < -0.39 is 0 Å². The lowest BCUT2D eigenvalue weighted by Crippen LogP contribution is -2.13. The summed E-state index contributed by atoms with van der Waals surface area (Å²) in [5.74, 6) is 2.17. The van der Waals surface area contributed by atoms with Gasteiger partial charge in [0.2, 0.25) is 12.7 Å². The number of fused-ring (bicyclic) bond motifs is 1. The summed E-state index contributed by atoms with van der Waals surface area (Å²) in [6, 6.07) is 15.1. The van der Waals surface area contributed by atoms with E-state index in [2.05, 4.69) is 14.7 Å². The van der Waals surface area contributed by atoms with Crippen molar-refractivity contribution in [2.24, 2.45) is 0 Å². The van der Waals surface area contributed by atoms with Gasteiger partial charge in [0.1, 0.15) is 0 Å². The van der Waals surface area contributed by atoms with Gasteiger partial charge in [-0.15, -0.1) is 0 Å². The summed E-state index contributed by atoms with van der Waals surface area (Å²) < 4.78 is 15.6. The molecule has 0 fully saturated rings. The van der Waals surface area contributed by atoms with Crippen molar-refractivity contribution < 1.29 is 14.3 Å². The minimum Gasteiger partial charge on any atom is -0.454 e. The van der Waals surface area contributed by atoms with Crippen LogP contribution < -0.4 is 14.8 Å². The number of nitrogens with zero attached hydrogens (tertiary/aromatic N) is 2. The highest BCUT2D eigenvalue weighted by Gasteiger charge is 2.14. The molecule has 0 radical (unpaired) electrons. The lowest BCUT2D eigenvalue weighted by molar-refractivity contribution is -0.113. The molecule has 1 N–H and O–H groups in total. The highest BCUT2D eigenvalue weighted by molar-refractivity contribution is 8.01. The van der Waals surface area contributed by atoms with Gasteiger partial charge in [-0.1, -0.05) is 42.1 Å². The zero-order valence-electron chi connectivity index (χ0n) is 13.0. The summed E-state index contributed by atoms with van der Waals surface area (Å²) >= 11 is 2.66. The molecule has 3 aromatic rings. The van der Waals surface area contributed by atoms with Crippen molar-refractivity contribution in [3.8, 4) is 22.9 Å². The second kappa shape index (κ2) is 7.12. The molecule has 8 heteroatoms. The van der Waals surface area contributed by atoms with Gasteiger partial charge in [-0.2, -0.15) is 4.37 Å². The number of thioether (sulfide) groups is 1. The largest absolute Gasteiger partial charge is 0.454 e. The van der Waals surface area contributed by atoms with E-state index in [0.717, 1.165) is 9.90 Å². The monoisotopic (exact) mass is 371 g/mol. The standard InChI is InChI=1S/C17H13N3O3S2/c21-15(18-12-6-7-13-14(8-12)23-10-22-13)9-24-17-19-16(20-25-17)11-4-2-1-3-5-11/h1-8H,9-10H2,(H,18,21). The van der Waals surface area contributed by atoms with Crippen LogP contribution in [-0.2, 0) is 4.79 Å². The fraction of sp³-hybridized carbons (Fsp3) is 0.118. The normalized spacial score (nSPS) is 12.2. The molecule has 1 aromatic heterocycles. The molecule has 0 atom stereocenters. The summed E-state index contributed by atoms with van der Waals surface area (Å²) in [5, 5.41) is 2.84. The molecule has 0 bridgehead atoms. The second-order valence-electron chi connectivity index (χ2n) is 5.15. The predicted octanol–water partition coefficient (Wildman–Crippen LogP) is 3.66. The molecule has 0 saturated carbocycles. The van der Waals surface area contributed by atoms with Crippen LogP contribution in [0.4, 0.5) is 5.69 Å². The van der Waals surface area contributed by atoms with Gasteiger partial charge >= 0.3 is 0 Å². The molecule has 6 nitrogen and oxygen atoms in total. The Morgan fingerprint density at radius 2 is 2.00 bits per heavy atom. The van der Waals surface area contributed by atoms with Crippen LogP contribution in [0.1, 0.15) is 0 Å². The molecular formula is C17H13N3O3S2. The molecule has 126 valence electrons. The maximum atomic E-state index is 12.1. The number of hydrogen-bond acceptors (Lipinski definition) is 7. The van der Waals surface area contributed by atoms with E-state index in [1.165, 1.54) is 23.3 Å². The first-order valence-corrected chi connectivity index (χ1v) is 9.25. The van der Waals surface area contributed by atoms with Crippen LogP contribution in [0, 0.1) is 0 Å². The number of carbonyl (C=O) groups excluding carboxylic acids is 1. The summed E-state index contributed by atoms with van der Waals surface area (Å²) in [4.78, 5) is 16.6. The maximum Gasteiger partial charge on any atom is 0.234 e. The molecule has 0 saturated heterocycles. The van der Waals surface area contributed by atoms with E-state index in [1.807, 2.05) is 30.3 Å². The third kappa shape index (κ3) is 3.75. The Bertz CT molecular complexity index is 899. The van der Waals surface area contributed by atoms with Crippen LogP contribution in [0.25, 0.3) is 11.4 Å². The Labute approximate surface area is 152 Å². The van der Waals surface area contributed by atoms with E-state index in [4.69, 9.17) is 9.47 Å². The third-order valence-electron chi connectivity index (χ3n) is 3.42. The van der Waals surface area contributed by atoms with Crippen LogP contribution >= 0.6 is 23.3 Å².